The summed E-state index contributed by atoms with van der Waals surface area (Å²) in [6.07, 6.45) is -4.32. The van der Waals surface area contributed by atoms with Gasteiger partial charge in [-0.15, -0.1) is 0 Å². The fourth-order valence-electron chi connectivity index (χ4n) is 2.23. The predicted octanol–water partition coefficient (Wildman–Crippen LogP) is 5.77. The first-order chi connectivity index (χ1) is 8.97. The number of hydrogen-bond acceptors (Lipinski definition) is 0. The van der Waals surface area contributed by atoms with Crippen molar-refractivity contribution in [1.82, 2.24) is 0 Å². The number of rotatable bonds is 0. The Morgan fingerprint density at radius 3 is 2.26 bits per heavy atom. The SMILES string of the molecule is FC(F)(F)c1ccc2ccc3c(Br)cccc3c2c1. The number of benzene rings is 3. The summed E-state index contributed by atoms with van der Waals surface area (Å²) in [5.41, 5.74) is -0.618. The largest absolute Gasteiger partial charge is 0.416 e. The van der Waals surface area contributed by atoms with Crippen LogP contribution >= 0.6 is 15.9 Å². The minimum Gasteiger partial charge on any atom is -0.166 e. The van der Waals surface area contributed by atoms with Gasteiger partial charge < -0.3 is 0 Å². The minimum atomic E-state index is -4.32. The maximum absolute atomic E-state index is 12.8. The normalized spacial score (nSPS) is 12.2. The van der Waals surface area contributed by atoms with E-state index in [1.54, 1.807) is 0 Å². The Labute approximate surface area is 116 Å². The molecule has 19 heavy (non-hydrogen) atoms. The molecule has 4 heteroatoms. The van der Waals surface area contributed by atoms with Crippen molar-refractivity contribution < 1.29 is 13.2 Å². The van der Waals surface area contributed by atoms with Crippen LogP contribution in [0.3, 0.4) is 0 Å². The van der Waals surface area contributed by atoms with E-state index < -0.39 is 11.7 Å². The average Bonchev–Trinajstić information content (AvgIpc) is 2.37. The van der Waals surface area contributed by atoms with Crippen LogP contribution in [0.15, 0.2) is 53.0 Å². The number of hydrogen-bond donors (Lipinski definition) is 0. The van der Waals surface area contributed by atoms with Crippen LogP contribution < -0.4 is 0 Å². The summed E-state index contributed by atoms with van der Waals surface area (Å²) in [6.45, 7) is 0. The molecule has 0 N–H and O–H groups in total. The molecule has 0 aromatic heterocycles. The molecule has 0 nitrogen and oxygen atoms in total. The van der Waals surface area contributed by atoms with Gasteiger partial charge in [-0.1, -0.05) is 46.3 Å². The zero-order valence-corrected chi connectivity index (χ0v) is 11.2. The van der Waals surface area contributed by atoms with Crippen molar-refractivity contribution >= 4 is 37.5 Å². The molecule has 0 bridgehead atoms. The third-order valence-corrected chi connectivity index (χ3v) is 3.84. The van der Waals surface area contributed by atoms with Gasteiger partial charge in [0, 0.05) is 4.47 Å². The maximum atomic E-state index is 12.8. The molecule has 0 amide bonds. The zero-order chi connectivity index (χ0) is 13.6. The maximum Gasteiger partial charge on any atom is 0.416 e. The molecule has 0 unspecified atom stereocenters. The molecule has 0 fully saturated rings. The highest BCUT2D eigenvalue weighted by Gasteiger charge is 2.30. The molecule has 0 spiro atoms. The van der Waals surface area contributed by atoms with Gasteiger partial charge in [-0.3, -0.25) is 0 Å². The summed E-state index contributed by atoms with van der Waals surface area (Å²) < 4.78 is 39.2. The molecule has 3 aromatic rings. The monoisotopic (exact) mass is 324 g/mol. The van der Waals surface area contributed by atoms with Crippen LogP contribution in [0.4, 0.5) is 13.2 Å². The lowest BCUT2D eigenvalue weighted by Crippen LogP contribution is -2.04. The Balaban J connectivity index is 2.43. The number of halogens is 4. The molecule has 0 heterocycles. The van der Waals surface area contributed by atoms with Crippen molar-refractivity contribution in [2.24, 2.45) is 0 Å². The zero-order valence-electron chi connectivity index (χ0n) is 9.63. The Kier molecular flexibility index (Phi) is 2.78. The molecule has 3 rings (SSSR count). The van der Waals surface area contributed by atoms with E-state index in [-0.39, 0.29) is 0 Å². The van der Waals surface area contributed by atoms with Crippen LogP contribution in [0.1, 0.15) is 5.56 Å². The molecule has 0 atom stereocenters. The summed E-state index contributed by atoms with van der Waals surface area (Å²) >= 11 is 3.42. The first kappa shape index (κ1) is 12.5. The van der Waals surface area contributed by atoms with Gasteiger partial charge in [0.05, 0.1) is 5.56 Å². The second kappa shape index (κ2) is 4.23. The van der Waals surface area contributed by atoms with Gasteiger partial charge in [-0.05, 0) is 39.7 Å². The molecule has 0 saturated heterocycles. The Morgan fingerprint density at radius 1 is 0.789 bits per heavy atom. The van der Waals surface area contributed by atoms with Crippen LogP contribution in [0.25, 0.3) is 21.5 Å². The van der Waals surface area contributed by atoms with Crippen LogP contribution in [0, 0.1) is 0 Å². The minimum absolute atomic E-state index is 0.618. The summed E-state index contributed by atoms with van der Waals surface area (Å²) in [7, 11) is 0. The molecular weight excluding hydrogens is 317 g/mol. The van der Waals surface area contributed by atoms with E-state index in [2.05, 4.69) is 15.9 Å². The van der Waals surface area contributed by atoms with Gasteiger partial charge in [0.2, 0.25) is 0 Å². The van der Waals surface area contributed by atoms with Crippen molar-refractivity contribution in [3.63, 3.8) is 0 Å². The van der Waals surface area contributed by atoms with Crippen molar-refractivity contribution in [3.05, 3.63) is 58.6 Å². The van der Waals surface area contributed by atoms with Gasteiger partial charge in [-0.2, -0.15) is 13.2 Å². The van der Waals surface area contributed by atoms with Crippen LogP contribution in [0.5, 0.6) is 0 Å². The summed E-state index contributed by atoms with van der Waals surface area (Å²) in [5.74, 6) is 0. The van der Waals surface area contributed by atoms with Crippen molar-refractivity contribution in [3.8, 4) is 0 Å². The van der Waals surface area contributed by atoms with Gasteiger partial charge in [0.25, 0.3) is 0 Å². The first-order valence-corrected chi connectivity index (χ1v) is 6.44. The molecule has 0 aliphatic heterocycles. The molecule has 0 radical (unpaired) electrons. The van der Waals surface area contributed by atoms with Gasteiger partial charge in [0.15, 0.2) is 0 Å². The highest BCUT2D eigenvalue weighted by Crippen LogP contribution is 2.35. The highest BCUT2D eigenvalue weighted by molar-refractivity contribution is 9.10. The van der Waals surface area contributed by atoms with Crippen molar-refractivity contribution in [2.75, 3.05) is 0 Å². The lowest BCUT2D eigenvalue weighted by Gasteiger charge is -2.10. The number of fused-ring (bicyclic) bond motifs is 3. The van der Waals surface area contributed by atoms with E-state index in [0.29, 0.717) is 5.39 Å². The van der Waals surface area contributed by atoms with E-state index >= 15 is 0 Å². The van der Waals surface area contributed by atoms with Gasteiger partial charge in [-0.25, -0.2) is 0 Å². The van der Waals surface area contributed by atoms with E-state index in [0.717, 1.165) is 26.7 Å². The predicted molar refractivity (Wildman–Crippen MR) is 74.2 cm³/mol. The van der Waals surface area contributed by atoms with Crippen molar-refractivity contribution in [1.29, 1.82) is 0 Å². The Bertz CT molecular complexity index is 775. The first-order valence-electron chi connectivity index (χ1n) is 5.65. The van der Waals surface area contributed by atoms with Gasteiger partial charge >= 0.3 is 6.18 Å². The van der Waals surface area contributed by atoms with Crippen molar-refractivity contribution in [2.45, 2.75) is 6.18 Å². The third kappa shape index (κ3) is 2.10. The molecular formula is C15H8BrF3. The van der Waals surface area contributed by atoms with Crippen LogP contribution in [-0.2, 0) is 6.18 Å². The average molecular weight is 325 g/mol. The Morgan fingerprint density at radius 2 is 1.53 bits per heavy atom. The second-order valence-electron chi connectivity index (χ2n) is 4.33. The van der Waals surface area contributed by atoms with E-state index in [9.17, 15) is 13.2 Å². The van der Waals surface area contributed by atoms with E-state index in [1.165, 1.54) is 12.1 Å². The second-order valence-corrected chi connectivity index (χ2v) is 5.19. The number of alkyl halides is 3. The van der Waals surface area contributed by atoms with Crippen LogP contribution in [-0.4, -0.2) is 0 Å². The topological polar surface area (TPSA) is 0 Å². The quantitative estimate of drug-likeness (QED) is 0.460. The van der Waals surface area contributed by atoms with Gasteiger partial charge in [0.1, 0.15) is 0 Å². The lowest BCUT2D eigenvalue weighted by molar-refractivity contribution is -0.137. The highest BCUT2D eigenvalue weighted by atomic mass is 79.9. The fourth-order valence-corrected chi connectivity index (χ4v) is 2.72. The molecule has 3 aromatic carbocycles. The Hall–Kier alpha value is -1.55. The smallest absolute Gasteiger partial charge is 0.166 e. The third-order valence-electron chi connectivity index (χ3n) is 3.15. The molecule has 0 saturated carbocycles. The van der Waals surface area contributed by atoms with E-state index in [4.69, 9.17) is 0 Å². The summed E-state index contributed by atoms with van der Waals surface area (Å²) in [6, 6.07) is 13.1. The standard InChI is InChI=1S/C15H8BrF3/c16-14-3-1-2-11-12(14)7-5-9-4-6-10(8-13(9)11)15(17,18)19/h1-8H. The van der Waals surface area contributed by atoms with Crippen LogP contribution in [0.2, 0.25) is 0 Å². The lowest BCUT2D eigenvalue weighted by atomic mass is 10.00. The summed E-state index contributed by atoms with van der Waals surface area (Å²) in [4.78, 5) is 0. The summed E-state index contributed by atoms with van der Waals surface area (Å²) in [5, 5.41) is 3.15. The molecule has 0 aliphatic rings. The molecule has 0 aliphatic carbocycles. The fraction of sp³-hybridized carbons (Fsp3) is 0.0667. The van der Waals surface area contributed by atoms with E-state index in [1.807, 2.05) is 30.3 Å². The molecule has 96 valence electrons.